The predicted molar refractivity (Wildman–Crippen MR) is 115 cm³/mol. The number of methoxy groups -OCH3 is 1. The van der Waals surface area contributed by atoms with Crippen LogP contribution in [0.25, 0.3) is 23.0 Å². The van der Waals surface area contributed by atoms with E-state index >= 15 is 0 Å². The number of benzene rings is 2. The lowest BCUT2D eigenvalue weighted by Crippen LogP contribution is -2.29. The summed E-state index contributed by atoms with van der Waals surface area (Å²) in [5, 5.41) is 1.22. The molecule has 3 heteroatoms. The van der Waals surface area contributed by atoms with Gasteiger partial charge < -0.3 is 9.15 Å². The van der Waals surface area contributed by atoms with Gasteiger partial charge in [0.2, 0.25) is 5.36 Å². The highest BCUT2D eigenvalue weighted by Crippen LogP contribution is 2.36. The lowest BCUT2D eigenvalue weighted by molar-refractivity contribution is 0.415. The van der Waals surface area contributed by atoms with E-state index in [1.165, 1.54) is 27.6 Å². The zero-order chi connectivity index (χ0) is 19.5. The van der Waals surface area contributed by atoms with Gasteiger partial charge in [0, 0.05) is 11.6 Å². The smallest absolute Gasteiger partial charge is 0.203 e. The Hall–Kier alpha value is -2.81. The number of rotatable bonds is 4. The molecule has 0 spiro atoms. The second-order valence-electron chi connectivity index (χ2n) is 7.29. The molecule has 0 amide bonds. The summed E-state index contributed by atoms with van der Waals surface area (Å²) < 4.78 is 14.1. The van der Waals surface area contributed by atoms with Gasteiger partial charge >= 0.3 is 0 Å². The SMILES string of the molecule is CC[N+](CC)=c1ccc2cc3c(oc-2c1)/C(=C/c1ccc(OC)cc1)CCC3. The lowest BCUT2D eigenvalue weighted by atomic mass is 9.90. The van der Waals surface area contributed by atoms with Crippen LogP contribution >= 0.6 is 0 Å². The molecule has 3 nitrogen and oxygen atoms in total. The second kappa shape index (κ2) is 8.05. The van der Waals surface area contributed by atoms with Crippen molar-refractivity contribution < 1.29 is 9.15 Å². The molecule has 4 rings (SSSR count). The van der Waals surface area contributed by atoms with E-state index in [2.05, 4.69) is 60.9 Å². The van der Waals surface area contributed by atoms with Gasteiger partial charge in [-0.25, -0.2) is 4.58 Å². The molecule has 0 fully saturated rings. The molecule has 1 aromatic carbocycles. The molecule has 0 N–H and O–H groups in total. The highest BCUT2D eigenvalue weighted by atomic mass is 16.5. The normalized spacial score (nSPS) is 14.9. The van der Waals surface area contributed by atoms with Gasteiger partial charge in [-0.05, 0) is 80.2 Å². The summed E-state index contributed by atoms with van der Waals surface area (Å²) in [5.74, 6) is 2.89. The molecule has 0 unspecified atom stereocenters. The number of ether oxygens (including phenoxy) is 1. The van der Waals surface area contributed by atoms with E-state index in [1.807, 2.05) is 12.1 Å². The Labute approximate surface area is 167 Å². The van der Waals surface area contributed by atoms with Crippen LogP contribution in [0.15, 0.2) is 52.9 Å². The van der Waals surface area contributed by atoms with E-state index in [9.17, 15) is 0 Å². The molecular formula is C25H28NO2+. The van der Waals surface area contributed by atoms with E-state index in [0.717, 1.165) is 49.6 Å². The van der Waals surface area contributed by atoms with Crippen molar-refractivity contribution in [3.05, 3.63) is 70.8 Å². The van der Waals surface area contributed by atoms with Gasteiger partial charge in [-0.3, -0.25) is 0 Å². The summed E-state index contributed by atoms with van der Waals surface area (Å²) in [6.45, 7) is 6.37. The molecule has 0 bridgehead atoms. The minimum absolute atomic E-state index is 0.880. The third-order valence-corrected chi connectivity index (χ3v) is 5.60. The van der Waals surface area contributed by atoms with Crippen molar-refractivity contribution in [1.29, 1.82) is 0 Å². The quantitative estimate of drug-likeness (QED) is 0.595. The monoisotopic (exact) mass is 374 g/mol. The average Bonchev–Trinajstić information content (AvgIpc) is 2.74. The van der Waals surface area contributed by atoms with Crippen molar-refractivity contribution in [3.8, 4) is 17.1 Å². The van der Waals surface area contributed by atoms with Crippen molar-refractivity contribution in [2.45, 2.75) is 33.1 Å². The molecule has 1 aliphatic heterocycles. The number of allylic oxidation sites excluding steroid dienone is 1. The molecule has 0 saturated heterocycles. The average molecular weight is 375 g/mol. The van der Waals surface area contributed by atoms with Gasteiger partial charge in [0.15, 0.2) is 0 Å². The first-order chi connectivity index (χ1) is 13.7. The van der Waals surface area contributed by atoms with Crippen molar-refractivity contribution in [3.63, 3.8) is 0 Å². The van der Waals surface area contributed by atoms with Crippen LogP contribution < -0.4 is 14.7 Å². The molecule has 0 saturated carbocycles. The summed E-state index contributed by atoms with van der Waals surface area (Å²) in [5.41, 5.74) is 4.95. The lowest BCUT2D eigenvalue weighted by Gasteiger charge is -2.20. The summed E-state index contributed by atoms with van der Waals surface area (Å²) in [7, 11) is 1.70. The molecule has 3 aliphatic rings. The summed E-state index contributed by atoms with van der Waals surface area (Å²) in [6.07, 6.45) is 5.53. The highest BCUT2D eigenvalue weighted by molar-refractivity contribution is 5.82. The number of nitrogens with zero attached hydrogens (tertiary/aromatic N) is 1. The van der Waals surface area contributed by atoms with Crippen LogP contribution in [0.1, 0.15) is 43.6 Å². The number of fused-ring (bicyclic) bond motifs is 2. The van der Waals surface area contributed by atoms with Crippen molar-refractivity contribution in [1.82, 2.24) is 4.58 Å². The summed E-state index contributed by atoms with van der Waals surface area (Å²) in [4.78, 5) is 0. The van der Waals surface area contributed by atoms with E-state index < -0.39 is 0 Å². The highest BCUT2D eigenvalue weighted by Gasteiger charge is 2.20. The Kier molecular flexibility index (Phi) is 5.34. The summed E-state index contributed by atoms with van der Waals surface area (Å²) in [6, 6.07) is 17.1. The third kappa shape index (κ3) is 3.62. The third-order valence-electron chi connectivity index (χ3n) is 5.60. The topological polar surface area (TPSA) is 25.4 Å². The molecule has 144 valence electrons. The molecule has 0 aromatic heterocycles. The molecule has 1 aromatic rings. The van der Waals surface area contributed by atoms with E-state index in [4.69, 9.17) is 9.15 Å². The maximum absolute atomic E-state index is 6.47. The Morgan fingerprint density at radius 3 is 2.50 bits per heavy atom. The van der Waals surface area contributed by atoms with Crippen molar-refractivity contribution in [2.75, 3.05) is 20.2 Å². The molecule has 0 radical (unpaired) electrons. The zero-order valence-electron chi connectivity index (χ0n) is 17.0. The fourth-order valence-electron chi connectivity index (χ4n) is 4.02. The maximum Gasteiger partial charge on any atom is 0.203 e. The fraction of sp³-hybridized carbons (Fsp3) is 0.320. The maximum atomic E-state index is 6.47. The van der Waals surface area contributed by atoms with E-state index in [-0.39, 0.29) is 0 Å². The summed E-state index contributed by atoms with van der Waals surface area (Å²) >= 11 is 0. The molecule has 28 heavy (non-hydrogen) atoms. The Bertz CT molecular complexity index is 1030. The largest absolute Gasteiger partial charge is 0.497 e. The van der Waals surface area contributed by atoms with Gasteiger partial charge in [0.25, 0.3) is 0 Å². The van der Waals surface area contributed by atoms with Gasteiger partial charge in [0.05, 0.1) is 13.2 Å². The fourth-order valence-corrected chi connectivity index (χ4v) is 4.02. The predicted octanol–water partition coefficient (Wildman–Crippen LogP) is 5.08. The zero-order valence-corrected chi connectivity index (χ0v) is 17.0. The van der Waals surface area contributed by atoms with Crippen LogP contribution in [0.5, 0.6) is 5.75 Å². The first kappa shape index (κ1) is 18.5. The standard InChI is InChI=1S/C25H28NO2/c1-4-26(5-2)22-12-11-19-16-21-8-6-7-20(25(21)28-24(19)17-22)15-18-9-13-23(27-3)14-10-18/h9-17H,4-8H2,1-3H3/q+1/b20-15+. The van der Waals surface area contributed by atoms with Gasteiger partial charge in [-0.1, -0.05) is 12.1 Å². The first-order valence-electron chi connectivity index (χ1n) is 10.2. The van der Waals surface area contributed by atoms with Gasteiger partial charge in [-0.15, -0.1) is 0 Å². The van der Waals surface area contributed by atoms with Crippen LogP contribution in [0, 0.1) is 0 Å². The van der Waals surface area contributed by atoms with Crippen LogP contribution in [0.2, 0.25) is 0 Å². The van der Waals surface area contributed by atoms with Gasteiger partial charge in [0.1, 0.15) is 30.4 Å². The Morgan fingerprint density at radius 1 is 1.00 bits per heavy atom. The first-order valence-corrected chi connectivity index (χ1v) is 10.2. The van der Waals surface area contributed by atoms with Crippen LogP contribution in [-0.4, -0.2) is 20.2 Å². The number of hydrogen-bond acceptors (Lipinski definition) is 2. The van der Waals surface area contributed by atoms with E-state index in [1.54, 1.807) is 7.11 Å². The second-order valence-corrected chi connectivity index (χ2v) is 7.29. The molecule has 2 aliphatic carbocycles. The van der Waals surface area contributed by atoms with Crippen LogP contribution in [-0.2, 0) is 6.42 Å². The van der Waals surface area contributed by atoms with Crippen molar-refractivity contribution in [2.24, 2.45) is 0 Å². The molecule has 0 atom stereocenters. The minimum Gasteiger partial charge on any atom is -0.497 e. The number of hydrogen-bond donors (Lipinski definition) is 0. The Morgan fingerprint density at radius 2 is 1.79 bits per heavy atom. The molecule has 1 heterocycles. The van der Waals surface area contributed by atoms with Crippen molar-refractivity contribution >= 4 is 11.6 Å². The minimum atomic E-state index is 0.880. The Balaban J connectivity index is 1.81. The van der Waals surface area contributed by atoms with Crippen LogP contribution in [0.4, 0.5) is 0 Å². The van der Waals surface area contributed by atoms with E-state index in [0.29, 0.717) is 0 Å². The van der Waals surface area contributed by atoms with Gasteiger partial charge in [-0.2, -0.15) is 0 Å². The number of aryl methyl sites for hydroxylation is 1. The van der Waals surface area contributed by atoms with Crippen LogP contribution in [0.3, 0.4) is 0 Å². The molecular weight excluding hydrogens is 346 g/mol.